The number of carbonyl (C=O) groups is 1. The van der Waals surface area contributed by atoms with Crippen molar-refractivity contribution in [3.05, 3.63) is 29.8 Å². The summed E-state index contributed by atoms with van der Waals surface area (Å²) in [5.74, 6) is 0.707. The molecule has 136 valence electrons. The zero-order valence-corrected chi connectivity index (χ0v) is 15.8. The van der Waals surface area contributed by atoms with Gasteiger partial charge in [0.05, 0.1) is 12.2 Å². The maximum Gasteiger partial charge on any atom is 0.166 e. The smallest absolute Gasteiger partial charge is 0.166 e. The molecule has 0 spiro atoms. The van der Waals surface area contributed by atoms with E-state index in [2.05, 4.69) is 4.90 Å². The number of Topliss-reactive ketones (excluding diaryl/α,β-unsaturated/α-hetero) is 1. The number of alkyl halides is 1. The number of likely N-dealkylation sites (tertiary alicyclic amines) is 1. The second-order valence-electron chi connectivity index (χ2n) is 6.02. The van der Waals surface area contributed by atoms with Gasteiger partial charge < -0.3 is 10.5 Å². The van der Waals surface area contributed by atoms with Crippen molar-refractivity contribution in [3.63, 3.8) is 0 Å². The molecule has 2 N–H and O–H groups in total. The Bertz CT molecular complexity index is 508. The highest BCUT2D eigenvalue weighted by molar-refractivity contribution is 6.20. The molecule has 1 heterocycles. The first-order valence-electron chi connectivity index (χ1n) is 8.52. The number of nitrogens with two attached hydrogens (primary N) is 1. The van der Waals surface area contributed by atoms with Crippen molar-refractivity contribution in [1.82, 2.24) is 4.90 Å². The maximum absolute atomic E-state index is 12.5. The highest BCUT2D eigenvalue weighted by Crippen LogP contribution is 2.22. The summed E-state index contributed by atoms with van der Waals surface area (Å²) in [6, 6.07) is 7.17. The Balaban J connectivity index is 0.00000288. The fourth-order valence-corrected chi connectivity index (χ4v) is 3.31. The lowest BCUT2D eigenvalue weighted by molar-refractivity contribution is 0.0968. The number of carbonyl (C=O) groups excluding carboxylic acids is 1. The molecule has 0 aliphatic carbocycles. The molecule has 0 saturated carbocycles. The largest absolute Gasteiger partial charge is 0.493 e. The fourth-order valence-electron chi connectivity index (χ4n) is 2.98. The number of ether oxygens (including phenoxy) is 1. The summed E-state index contributed by atoms with van der Waals surface area (Å²) >= 11 is 6.49. The van der Waals surface area contributed by atoms with Crippen LogP contribution in [0.5, 0.6) is 5.75 Å². The standard InChI is InChI=1S/C18H27ClN2O2.ClH/c1-2-23-17-9-5-4-8-14(17)16(22)11-10-15(20)18(19)21-12-6-3-7-13-21;/h4-5,8-9,15,18H,2-3,6-7,10-13,20H2,1H3;1H. The number of hydrogen-bond acceptors (Lipinski definition) is 4. The summed E-state index contributed by atoms with van der Waals surface area (Å²) in [4.78, 5) is 14.7. The molecule has 1 saturated heterocycles. The SMILES string of the molecule is CCOc1ccccc1C(=O)CCC(N)C(Cl)N1CCCCC1.Cl. The molecule has 24 heavy (non-hydrogen) atoms. The second kappa shape index (κ2) is 10.9. The van der Waals surface area contributed by atoms with Gasteiger partial charge in [-0.25, -0.2) is 0 Å². The molecule has 1 aromatic carbocycles. The molecule has 2 unspecified atom stereocenters. The minimum Gasteiger partial charge on any atom is -0.493 e. The number of halogens is 2. The van der Waals surface area contributed by atoms with E-state index < -0.39 is 0 Å². The van der Waals surface area contributed by atoms with Crippen LogP contribution in [-0.4, -0.2) is 41.9 Å². The second-order valence-corrected chi connectivity index (χ2v) is 6.47. The number of hydrogen-bond donors (Lipinski definition) is 1. The lowest BCUT2D eigenvalue weighted by Crippen LogP contribution is -2.46. The van der Waals surface area contributed by atoms with Gasteiger partial charge in [0.1, 0.15) is 11.3 Å². The van der Waals surface area contributed by atoms with Crippen LogP contribution in [0.15, 0.2) is 24.3 Å². The molecular formula is C18H28Cl2N2O2. The van der Waals surface area contributed by atoms with E-state index in [0.717, 1.165) is 13.1 Å². The van der Waals surface area contributed by atoms with Crippen LogP contribution in [0.4, 0.5) is 0 Å². The molecule has 1 aliphatic heterocycles. The van der Waals surface area contributed by atoms with Crippen LogP contribution in [0.2, 0.25) is 0 Å². The van der Waals surface area contributed by atoms with Crippen LogP contribution in [0.3, 0.4) is 0 Å². The van der Waals surface area contributed by atoms with Gasteiger partial charge in [0.25, 0.3) is 0 Å². The van der Waals surface area contributed by atoms with Gasteiger partial charge >= 0.3 is 0 Å². The molecule has 0 aromatic heterocycles. The summed E-state index contributed by atoms with van der Waals surface area (Å²) in [7, 11) is 0. The van der Waals surface area contributed by atoms with E-state index in [9.17, 15) is 4.79 Å². The lowest BCUT2D eigenvalue weighted by atomic mass is 10.0. The number of nitrogens with zero attached hydrogens (tertiary/aromatic N) is 1. The highest BCUT2D eigenvalue weighted by atomic mass is 35.5. The van der Waals surface area contributed by atoms with Gasteiger partial charge in [0.15, 0.2) is 5.78 Å². The van der Waals surface area contributed by atoms with Gasteiger partial charge in [0.2, 0.25) is 0 Å². The van der Waals surface area contributed by atoms with Gasteiger partial charge in [-0.15, -0.1) is 24.0 Å². The van der Waals surface area contributed by atoms with Crippen molar-refractivity contribution < 1.29 is 9.53 Å². The Morgan fingerprint density at radius 2 is 1.96 bits per heavy atom. The number of benzene rings is 1. The Hall–Kier alpha value is -0.810. The molecule has 0 amide bonds. The van der Waals surface area contributed by atoms with Gasteiger partial charge in [-0.2, -0.15) is 0 Å². The van der Waals surface area contributed by atoms with Gasteiger partial charge in [-0.1, -0.05) is 18.6 Å². The Morgan fingerprint density at radius 3 is 2.62 bits per heavy atom. The van der Waals surface area contributed by atoms with E-state index in [1.807, 2.05) is 31.2 Å². The normalized spacial score (nSPS) is 17.6. The number of piperidine rings is 1. The molecular weight excluding hydrogens is 347 g/mol. The summed E-state index contributed by atoms with van der Waals surface area (Å²) in [5.41, 5.74) is 6.65. The van der Waals surface area contributed by atoms with Gasteiger partial charge in [-0.3, -0.25) is 9.69 Å². The van der Waals surface area contributed by atoms with Crippen molar-refractivity contribution in [2.45, 2.75) is 50.6 Å². The van der Waals surface area contributed by atoms with E-state index in [1.54, 1.807) is 0 Å². The van der Waals surface area contributed by atoms with E-state index in [-0.39, 0.29) is 29.7 Å². The van der Waals surface area contributed by atoms with Crippen molar-refractivity contribution in [2.24, 2.45) is 5.73 Å². The van der Waals surface area contributed by atoms with Crippen molar-refractivity contribution in [2.75, 3.05) is 19.7 Å². The molecule has 1 aliphatic rings. The maximum atomic E-state index is 12.5. The van der Waals surface area contributed by atoms with E-state index >= 15 is 0 Å². The van der Waals surface area contributed by atoms with E-state index in [4.69, 9.17) is 22.1 Å². The first kappa shape index (κ1) is 21.2. The van der Waals surface area contributed by atoms with Gasteiger partial charge in [-0.05, 0) is 51.4 Å². The summed E-state index contributed by atoms with van der Waals surface area (Å²) in [6.45, 7) is 4.46. The zero-order chi connectivity index (χ0) is 16.7. The Labute approximate surface area is 156 Å². The van der Waals surface area contributed by atoms with Crippen molar-refractivity contribution >= 4 is 29.8 Å². The number of rotatable bonds is 8. The first-order valence-corrected chi connectivity index (χ1v) is 8.96. The Kier molecular flexibility index (Phi) is 9.67. The van der Waals surface area contributed by atoms with Crippen LogP contribution in [0, 0.1) is 0 Å². The van der Waals surface area contributed by atoms with Crippen LogP contribution < -0.4 is 10.5 Å². The highest BCUT2D eigenvalue weighted by Gasteiger charge is 2.25. The molecule has 1 fully saturated rings. The van der Waals surface area contributed by atoms with Crippen molar-refractivity contribution in [3.8, 4) is 5.75 Å². The monoisotopic (exact) mass is 374 g/mol. The lowest BCUT2D eigenvalue weighted by Gasteiger charge is -2.33. The minimum absolute atomic E-state index is 0. The number of para-hydroxylation sites is 1. The molecule has 1 aromatic rings. The van der Waals surface area contributed by atoms with Gasteiger partial charge in [0, 0.05) is 12.5 Å². The van der Waals surface area contributed by atoms with E-state index in [0.29, 0.717) is 30.8 Å². The van der Waals surface area contributed by atoms with Crippen LogP contribution >= 0.6 is 24.0 Å². The first-order chi connectivity index (χ1) is 11.1. The third-order valence-corrected chi connectivity index (χ3v) is 4.88. The Morgan fingerprint density at radius 1 is 1.29 bits per heavy atom. The molecule has 2 atom stereocenters. The average Bonchev–Trinajstić information content (AvgIpc) is 2.60. The summed E-state index contributed by atoms with van der Waals surface area (Å²) in [6.07, 6.45) is 4.60. The zero-order valence-electron chi connectivity index (χ0n) is 14.2. The fraction of sp³-hybridized carbons (Fsp3) is 0.611. The molecule has 6 heteroatoms. The predicted molar refractivity (Wildman–Crippen MR) is 101 cm³/mol. The topological polar surface area (TPSA) is 55.6 Å². The molecule has 2 rings (SSSR count). The van der Waals surface area contributed by atoms with Crippen LogP contribution in [0.25, 0.3) is 0 Å². The predicted octanol–water partition coefficient (Wildman–Crippen LogP) is 3.85. The third-order valence-electron chi connectivity index (χ3n) is 4.28. The third kappa shape index (κ3) is 5.92. The molecule has 4 nitrogen and oxygen atoms in total. The van der Waals surface area contributed by atoms with Crippen LogP contribution in [0.1, 0.15) is 49.4 Å². The average molecular weight is 375 g/mol. The quantitative estimate of drug-likeness (QED) is 0.426. The van der Waals surface area contributed by atoms with E-state index in [1.165, 1.54) is 19.3 Å². The molecule has 0 bridgehead atoms. The molecule has 0 radical (unpaired) electrons. The summed E-state index contributed by atoms with van der Waals surface area (Å²) < 4.78 is 5.52. The van der Waals surface area contributed by atoms with Crippen molar-refractivity contribution in [1.29, 1.82) is 0 Å². The van der Waals surface area contributed by atoms with Crippen LogP contribution in [-0.2, 0) is 0 Å². The minimum atomic E-state index is -0.196. The summed E-state index contributed by atoms with van der Waals surface area (Å²) in [5, 5.41) is 0. The number of ketones is 1.